The van der Waals surface area contributed by atoms with Crippen molar-refractivity contribution in [3.8, 4) is 0 Å². The summed E-state index contributed by atoms with van der Waals surface area (Å²) in [6, 6.07) is 2.29. The molecule has 2 N–H and O–H groups in total. The van der Waals surface area contributed by atoms with Crippen LogP contribution in [0.4, 0.5) is 0 Å². The van der Waals surface area contributed by atoms with Crippen LogP contribution in [-0.2, 0) is 14.8 Å². The third-order valence-electron chi connectivity index (χ3n) is 2.04. The average molecular weight is 276 g/mol. The van der Waals surface area contributed by atoms with Crippen LogP contribution in [0.1, 0.15) is 10.6 Å². The molecule has 0 aromatic carbocycles. The molecule has 0 unspecified atom stereocenters. The number of hydrogen-bond acceptors (Lipinski definition) is 5. The van der Waals surface area contributed by atoms with Crippen LogP contribution in [0.3, 0.4) is 0 Å². The molecule has 9 heteroatoms. The molecule has 100 valence electrons. The summed E-state index contributed by atoms with van der Waals surface area (Å²) in [5, 5.41) is 8.12. The number of furan rings is 1. The number of carbonyl (C=O) groups is 2. The number of likely N-dealkylation sites (N-methyl/N-ethyl adjacent to an activating group) is 1. The van der Waals surface area contributed by atoms with E-state index in [0.29, 0.717) is 0 Å². The summed E-state index contributed by atoms with van der Waals surface area (Å²) in [6.07, 6.45) is 0. The Kier molecular flexibility index (Phi) is 4.09. The lowest BCUT2D eigenvalue weighted by Crippen LogP contribution is -2.31. The molecule has 1 aromatic heterocycles. The first kappa shape index (κ1) is 14.2. The topological polar surface area (TPSA) is 117 Å². The number of aliphatic carboxylic acids is 1. The number of nitrogens with one attached hydrogen (secondary N) is 1. The molecule has 0 bridgehead atoms. The van der Waals surface area contributed by atoms with Gasteiger partial charge in [0.2, 0.25) is 5.09 Å². The second kappa shape index (κ2) is 5.19. The van der Waals surface area contributed by atoms with E-state index in [4.69, 9.17) is 9.52 Å². The predicted molar refractivity (Wildman–Crippen MR) is 59.5 cm³/mol. The number of carboxylic acids is 1. The fourth-order valence-corrected chi connectivity index (χ4v) is 1.79. The van der Waals surface area contributed by atoms with E-state index in [1.54, 1.807) is 0 Å². The van der Waals surface area contributed by atoms with Crippen LogP contribution in [-0.4, -0.2) is 50.9 Å². The molecule has 1 aromatic rings. The summed E-state index contributed by atoms with van der Waals surface area (Å²) < 4.78 is 29.6. The van der Waals surface area contributed by atoms with Crippen LogP contribution >= 0.6 is 0 Å². The van der Waals surface area contributed by atoms with Gasteiger partial charge in [0, 0.05) is 7.05 Å². The zero-order valence-corrected chi connectivity index (χ0v) is 10.5. The Hall–Kier alpha value is -1.87. The Morgan fingerprint density at radius 1 is 1.44 bits per heavy atom. The monoisotopic (exact) mass is 276 g/mol. The van der Waals surface area contributed by atoms with Gasteiger partial charge in [-0.05, 0) is 19.2 Å². The van der Waals surface area contributed by atoms with Gasteiger partial charge in [0.15, 0.2) is 5.76 Å². The maximum Gasteiger partial charge on any atom is 0.323 e. The Labute approximate surface area is 103 Å². The van der Waals surface area contributed by atoms with Crippen molar-refractivity contribution in [3.05, 3.63) is 17.9 Å². The maximum absolute atomic E-state index is 11.7. The summed E-state index contributed by atoms with van der Waals surface area (Å²) in [5.41, 5.74) is 0. The Morgan fingerprint density at radius 3 is 2.56 bits per heavy atom. The minimum absolute atomic E-state index is 0.243. The van der Waals surface area contributed by atoms with Gasteiger partial charge in [-0.15, -0.1) is 0 Å². The number of carbonyl (C=O) groups excluding carboxylic acids is 1. The van der Waals surface area contributed by atoms with Gasteiger partial charge in [0.1, 0.15) is 6.54 Å². The molecule has 0 spiro atoms. The van der Waals surface area contributed by atoms with Crippen molar-refractivity contribution in [1.82, 2.24) is 9.62 Å². The van der Waals surface area contributed by atoms with Crippen molar-refractivity contribution in [2.24, 2.45) is 0 Å². The van der Waals surface area contributed by atoms with Gasteiger partial charge >= 0.3 is 5.97 Å². The number of amides is 1. The van der Waals surface area contributed by atoms with Crippen LogP contribution in [0.5, 0.6) is 0 Å². The van der Waals surface area contributed by atoms with E-state index >= 15 is 0 Å². The van der Waals surface area contributed by atoms with Gasteiger partial charge in [-0.1, -0.05) is 0 Å². The van der Waals surface area contributed by atoms with E-state index in [1.165, 1.54) is 20.2 Å². The van der Waals surface area contributed by atoms with E-state index in [-0.39, 0.29) is 5.76 Å². The van der Waals surface area contributed by atoms with Crippen molar-refractivity contribution in [2.45, 2.75) is 5.09 Å². The minimum atomic E-state index is -3.76. The lowest BCUT2D eigenvalue weighted by molar-refractivity contribution is -0.137. The molecule has 0 fully saturated rings. The van der Waals surface area contributed by atoms with Crippen molar-refractivity contribution in [3.63, 3.8) is 0 Å². The summed E-state index contributed by atoms with van der Waals surface area (Å²) in [5.74, 6) is -2.14. The molecule has 8 nitrogen and oxygen atoms in total. The second-order valence-corrected chi connectivity index (χ2v) is 5.20. The van der Waals surface area contributed by atoms with E-state index in [2.05, 4.69) is 0 Å². The van der Waals surface area contributed by atoms with Gasteiger partial charge in [-0.2, -0.15) is 0 Å². The molecule has 0 saturated carbocycles. The minimum Gasteiger partial charge on any atom is -0.480 e. The van der Waals surface area contributed by atoms with Gasteiger partial charge in [0.05, 0.1) is 0 Å². The Morgan fingerprint density at radius 2 is 2.06 bits per heavy atom. The van der Waals surface area contributed by atoms with Gasteiger partial charge in [-0.3, -0.25) is 9.59 Å². The molecule has 0 atom stereocenters. The summed E-state index contributed by atoms with van der Waals surface area (Å²) in [7, 11) is -1.29. The van der Waals surface area contributed by atoms with Crippen LogP contribution in [0.15, 0.2) is 21.6 Å². The second-order valence-electron chi connectivity index (χ2n) is 3.38. The Balaban J connectivity index is 2.93. The Bertz CT molecular complexity index is 561. The van der Waals surface area contributed by atoms with Crippen LogP contribution in [0.2, 0.25) is 0 Å². The summed E-state index contributed by atoms with van der Waals surface area (Å²) in [4.78, 5) is 23.0. The van der Waals surface area contributed by atoms with Crippen LogP contribution in [0.25, 0.3) is 0 Å². The highest BCUT2D eigenvalue weighted by molar-refractivity contribution is 7.89. The molecular formula is C9H12N2O6S. The first-order chi connectivity index (χ1) is 8.27. The number of hydrogen-bond donors (Lipinski definition) is 2. The zero-order chi connectivity index (χ0) is 13.9. The number of carboxylic acid groups (broad SMARTS) is 1. The van der Waals surface area contributed by atoms with Crippen LogP contribution < -0.4 is 4.72 Å². The quantitative estimate of drug-likeness (QED) is 0.737. The van der Waals surface area contributed by atoms with Crippen molar-refractivity contribution in [2.75, 3.05) is 20.6 Å². The molecule has 0 radical (unpaired) electrons. The van der Waals surface area contributed by atoms with Crippen molar-refractivity contribution < 1.29 is 27.5 Å². The molecule has 18 heavy (non-hydrogen) atoms. The molecular weight excluding hydrogens is 264 g/mol. The van der Waals surface area contributed by atoms with Gasteiger partial charge < -0.3 is 14.4 Å². The third kappa shape index (κ3) is 3.08. The van der Waals surface area contributed by atoms with Gasteiger partial charge in [0.25, 0.3) is 15.9 Å². The highest BCUT2D eigenvalue weighted by Gasteiger charge is 2.22. The molecule has 1 heterocycles. The number of nitrogens with zero attached hydrogens (tertiary/aromatic N) is 1. The standard InChI is InChI=1S/C9H12N2O6S/c1-10-18(15,16)8-4-3-6(17-8)9(14)11(2)5-7(12)13/h3-4,10H,5H2,1-2H3,(H,12,13). The fourth-order valence-electron chi connectivity index (χ4n) is 1.14. The molecule has 0 aliphatic carbocycles. The van der Waals surface area contributed by atoms with Crippen LogP contribution in [0, 0.1) is 0 Å². The SMILES string of the molecule is CNS(=O)(=O)c1ccc(C(=O)N(C)CC(=O)O)o1. The number of rotatable bonds is 5. The molecule has 1 rings (SSSR count). The third-order valence-corrected chi connectivity index (χ3v) is 3.33. The molecule has 0 saturated heterocycles. The smallest absolute Gasteiger partial charge is 0.323 e. The molecule has 0 aliphatic rings. The highest BCUT2D eigenvalue weighted by atomic mass is 32.2. The number of sulfonamides is 1. The lowest BCUT2D eigenvalue weighted by atomic mass is 10.4. The molecule has 0 aliphatic heterocycles. The maximum atomic E-state index is 11.7. The van der Waals surface area contributed by atoms with E-state index in [9.17, 15) is 18.0 Å². The first-order valence-electron chi connectivity index (χ1n) is 4.78. The van der Waals surface area contributed by atoms with Gasteiger partial charge in [-0.25, -0.2) is 13.1 Å². The first-order valence-corrected chi connectivity index (χ1v) is 6.27. The largest absolute Gasteiger partial charge is 0.480 e. The molecule has 1 amide bonds. The van der Waals surface area contributed by atoms with Crippen molar-refractivity contribution in [1.29, 1.82) is 0 Å². The van der Waals surface area contributed by atoms with E-state index in [1.807, 2.05) is 4.72 Å². The van der Waals surface area contributed by atoms with E-state index in [0.717, 1.165) is 11.0 Å². The zero-order valence-electron chi connectivity index (χ0n) is 9.71. The predicted octanol–water partition coefficient (Wildman–Crippen LogP) is -0.656. The summed E-state index contributed by atoms with van der Waals surface area (Å²) >= 11 is 0. The fraction of sp³-hybridized carbons (Fsp3) is 0.333. The average Bonchev–Trinajstić information content (AvgIpc) is 2.76. The van der Waals surface area contributed by atoms with E-state index < -0.39 is 33.5 Å². The van der Waals surface area contributed by atoms with Crippen molar-refractivity contribution >= 4 is 21.9 Å². The highest BCUT2D eigenvalue weighted by Crippen LogP contribution is 2.14. The normalized spacial score (nSPS) is 11.2. The lowest BCUT2D eigenvalue weighted by Gasteiger charge is -2.12. The summed E-state index contributed by atoms with van der Waals surface area (Å²) in [6.45, 7) is -0.506.